The number of hydrogen-bond donors (Lipinski definition) is 2. The number of hydrogen-bond acceptors (Lipinski definition) is 6. The minimum absolute atomic E-state index is 0.0839. The second-order valence-corrected chi connectivity index (χ2v) is 7.69. The van der Waals surface area contributed by atoms with Crippen LogP contribution in [0.5, 0.6) is 17.2 Å². The van der Waals surface area contributed by atoms with Crippen LogP contribution in [-0.4, -0.2) is 32.1 Å². The normalized spacial score (nSPS) is 10.7. The third-order valence-corrected chi connectivity index (χ3v) is 4.99. The highest BCUT2D eigenvalue weighted by Crippen LogP contribution is 2.29. The summed E-state index contributed by atoms with van der Waals surface area (Å²) in [6.45, 7) is 3.94. The molecule has 0 atom stereocenters. The topological polar surface area (TPSA) is 110 Å². The van der Waals surface area contributed by atoms with Gasteiger partial charge in [-0.3, -0.25) is 9.59 Å². The summed E-state index contributed by atoms with van der Waals surface area (Å²) >= 11 is 0. The minimum Gasteiger partial charge on any atom is -0.497 e. The Kier molecular flexibility index (Phi) is 9.06. The summed E-state index contributed by atoms with van der Waals surface area (Å²) < 4.78 is 16.4. The van der Waals surface area contributed by atoms with E-state index in [0.717, 1.165) is 5.56 Å². The molecule has 0 saturated heterocycles. The molecule has 0 heterocycles. The molecule has 8 heteroatoms. The zero-order chi connectivity index (χ0) is 25.9. The van der Waals surface area contributed by atoms with E-state index in [-0.39, 0.29) is 18.1 Å². The van der Waals surface area contributed by atoms with Gasteiger partial charge in [-0.1, -0.05) is 23.8 Å². The zero-order valence-electron chi connectivity index (χ0n) is 20.3. The minimum atomic E-state index is -0.547. The lowest BCUT2D eigenvalue weighted by Crippen LogP contribution is -2.20. The van der Waals surface area contributed by atoms with Crippen LogP contribution in [0.3, 0.4) is 0 Å². The predicted octanol–water partition coefficient (Wildman–Crippen LogP) is 4.97. The Morgan fingerprint density at radius 1 is 0.917 bits per heavy atom. The van der Waals surface area contributed by atoms with Gasteiger partial charge in [0.05, 0.1) is 13.7 Å². The maximum Gasteiger partial charge on any atom is 0.266 e. The standard InChI is InChI=1S/C28H27N3O5/c1-4-35-26-16-20(15-21(17-29)28(33)31-23-10-12-24(34-3)13-11-23)7-14-25(26)36-18-27(32)30-22-8-5-19(2)6-9-22/h5-16H,4,18H2,1-3H3,(H,30,32)(H,31,33)/b21-15-. The van der Waals surface area contributed by atoms with Crippen LogP contribution in [0.1, 0.15) is 18.1 Å². The first-order valence-electron chi connectivity index (χ1n) is 11.2. The second-order valence-electron chi connectivity index (χ2n) is 7.69. The van der Waals surface area contributed by atoms with E-state index < -0.39 is 5.91 Å². The van der Waals surface area contributed by atoms with E-state index >= 15 is 0 Å². The molecule has 0 fully saturated rings. The maximum atomic E-state index is 12.6. The molecule has 0 bridgehead atoms. The molecule has 8 nitrogen and oxygen atoms in total. The number of amides is 2. The van der Waals surface area contributed by atoms with Crippen LogP contribution in [0.15, 0.2) is 72.3 Å². The Morgan fingerprint density at radius 3 is 2.22 bits per heavy atom. The van der Waals surface area contributed by atoms with Gasteiger partial charge >= 0.3 is 0 Å². The average molecular weight is 486 g/mol. The highest BCUT2D eigenvalue weighted by molar-refractivity contribution is 6.09. The molecule has 184 valence electrons. The number of rotatable bonds is 10. The number of methoxy groups -OCH3 is 1. The van der Waals surface area contributed by atoms with Gasteiger partial charge in [0.2, 0.25) is 0 Å². The van der Waals surface area contributed by atoms with Crippen molar-refractivity contribution in [3.8, 4) is 23.3 Å². The molecule has 0 aliphatic rings. The van der Waals surface area contributed by atoms with Crippen LogP contribution < -0.4 is 24.8 Å². The van der Waals surface area contributed by atoms with Gasteiger partial charge in [0.25, 0.3) is 11.8 Å². The van der Waals surface area contributed by atoms with E-state index in [2.05, 4.69) is 10.6 Å². The van der Waals surface area contributed by atoms with Gasteiger partial charge in [0.1, 0.15) is 17.4 Å². The SMILES string of the molecule is CCOc1cc(/C=C(/C#N)C(=O)Nc2ccc(OC)cc2)ccc1OCC(=O)Nc1ccc(C)cc1. The number of nitrogens with one attached hydrogen (secondary N) is 2. The Hall–Kier alpha value is -4.77. The van der Waals surface area contributed by atoms with Crippen LogP contribution in [0.4, 0.5) is 11.4 Å². The van der Waals surface area contributed by atoms with E-state index in [1.165, 1.54) is 6.08 Å². The van der Waals surface area contributed by atoms with Gasteiger partial charge < -0.3 is 24.8 Å². The monoisotopic (exact) mass is 485 g/mol. The number of aryl methyl sites for hydroxylation is 1. The molecule has 3 aromatic rings. The molecule has 3 aromatic carbocycles. The van der Waals surface area contributed by atoms with Crippen molar-refractivity contribution in [1.29, 1.82) is 5.26 Å². The summed E-state index contributed by atoms with van der Waals surface area (Å²) in [5, 5.41) is 15.0. The van der Waals surface area contributed by atoms with Crippen molar-refractivity contribution >= 4 is 29.3 Å². The number of ether oxygens (including phenoxy) is 3. The molecule has 0 aliphatic heterocycles. The van der Waals surface area contributed by atoms with Gasteiger partial charge in [-0.25, -0.2) is 0 Å². The summed E-state index contributed by atoms with van der Waals surface area (Å²) in [5.41, 5.74) is 2.79. The first kappa shape index (κ1) is 25.8. The summed E-state index contributed by atoms with van der Waals surface area (Å²) in [6.07, 6.45) is 1.45. The third kappa shape index (κ3) is 7.37. The molecule has 0 aromatic heterocycles. The van der Waals surface area contributed by atoms with E-state index in [1.807, 2.05) is 44.2 Å². The lowest BCUT2D eigenvalue weighted by atomic mass is 10.1. The van der Waals surface area contributed by atoms with E-state index in [0.29, 0.717) is 40.8 Å². The molecule has 0 radical (unpaired) electrons. The largest absolute Gasteiger partial charge is 0.497 e. The highest BCUT2D eigenvalue weighted by atomic mass is 16.5. The summed E-state index contributed by atoms with van der Waals surface area (Å²) in [6, 6.07) is 21.1. The summed E-state index contributed by atoms with van der Waals surface area (Å²) in [4.78, 5) is 24.9. The summed E-state index contributed by atoms with van der Waals surface area (Å²) in [7, 11) is 1.55. The Labute approximate surface area is 210 Å². The molecule has 3 rings (SSSR count). The van der Waals surface area contributed by atoms with Gasteiger partial charge in [-0.05, 0) is 74.0 Å². The average Bonchev–Trinajstić information content (AvgIpc) is 2.88. The van der Waals surface area contributed by atoms with Crippen molar-refractivity contribution in [3.63, 3.8) is 0 Å². The Balaban J connectivity index is 1.69. The molecule has 36 heavy (non-hydrogen) atoms. The molecule has 0 aliphatic carbocycles. The van der Waals surface area contributed by atoms with Crippen LogP contribution in [0.2, 0.25) is 0 Å². The number of carbonyl (C=O) groups is 2. The fraction of sp³-hybridized carbons (Fsp3) is 0.179. The maximum absolute atomic E-state index is 12.6. The highest BCUT2D eigenvalue weighted by Gasteiger charge is 2.13. The third-order valence-electron chi connectivity index (χ3n) is 4.99. The van der Waals surface area contributed by atoms with E-state index in [4.69, 9.17) is 14.2 Å². The fourth-order valence-corrected chi connectivity index (χ4v) is 3.17. The van der Waals surface area contributed by atoms with Gasteiger partial charge in [-0.2, -0.15) is 5.26 Å². The molecular formula is C28H27N3O5. The first-order valence-corrected chi connectivity index (χ1v) is 11.2. The van der Waals surface area contributed by atoms with Crippen molar-refractivity contribution < 1.29 is 23.8 Å². The number of nitriles is 1. The quantitative estimate of drug-likeness (QED) is 0.310. The lowest BCUT2D eigenvalue weighted by molar-refractivity contribution is -0.118. The molecular weight excluding hydrogens is 458 g/mol. The summed E-state index contributed by atoms with van der Waals surface area (Å²) in [5.74, 6) is 0.555. The van der Waals surface area contributed by atoms with E-state index in [1.54, 1.807) is 49.6 Å². The lowest BCUT2D eigenvalue weighted by Gasteiger charge is -2.13. The molecule has 0 unspecified atom stereocenters. The molecule has 2 amide bonds. The Bertz CT molecular complexity index is 1280. The number of carbonyl (C=O) groups excluding carboxylic acids is 2. The van der Waals surface area contributed by atoms with Crippen LogP contribution in [0.25, 0.3) is 6.08 Å². The van der Waals surface area contributed by atoms with Crippen molar-refractivity contribution in [2.75, 3.05) is 31.0 Å². The number of nitrogens with zero attached hydrogens (tertiary/aromatic N) is 1. The smallest absolute Gasteiger partial charge is 0.266 e. The van der Waals surface area contributed by atoms with Crippen molar-refractivity contribution in [2.24, 2.45) is 0 Å². The zero-order valence-corrected chi connectivity index (χ0v) is 20.3. The van der Waals surface area contributed by atoms with Gasteiger partial charge in [0, 0.05) is 11.4 Å². The molecule has 2 N–H and O–H groups in total. The van der Waals surface area contributed by atoms with Crippen LogP contribution in [-0.2, 0) is 9.59 Å². The predicted molar refractivity (Wildman–Crippen MR) is 138 cm³/mol. The van der Waals surface area contributed by atoms with Gasteiger partial charge in [-0.15, -0.1) is 0 Å². The van der Waals surface area contributed by atoms with Crippen LogP contribution in [0, 0.1) is 18.3 Å². The second kappa shape index (κ2) is 12.6. The van der Waals surface area contributed by atoms with Crippen molar-refractivity contribution in [2.45, 2.75) is 13.8 Å². The Morgan fingerprint density at radius 2 is 1.58 bits per heavy atom. The number of anilines is 2. The van der Waals surface area contributed by atoms with Crippen molar-refractivity contribution in [3.05, 3.63) is 83.4 Å². The number of benzene rings is 3. The fourth-order valence-electron chi connectivity index (χ4n) is 3.17. The van der Waals surface area contributed by atoms with Gasteiger partial charge in [0.15, 0.2) is 18.1 Å². The van der Waals surface area contributed by atoms with Crippen molar-refractivity contribution in [1.82, 2.24) is 0 Å². The molecule has 0 saturated carbocycles. The molecule has 0 spiro atoms. The van der Waals surface area contributed by atoms with Crippen LogP contribution >= 0.6 is 0 Å². The first-order chi connectivity index (χ1) is 17.4. The van der Waals surface area contributed by atoms with E-state index in [9.17, 15) is 14.9 Å².